The van der Waals surface area contributed by atoms with Gasteiger partial charge in [0, 0.05) is 28.6 Å². The van der Waals surface area contributed by atoms with E-state index in [2.05, 4.69) is 20.3 Å². The summed E-state index contributed by atoms with van der Waals surface area (Å²) < 4.78 is 11.1. The Bertz CT molecular complexity index is 1120. The molecule has 1 aliphatic heterocycles. The molecule has 2 aromatic heterocycles. The third-order valence-electron chi connectivity index (χ3n) is 4.53. The van der Waals surface area contributed by atoms with Crippen molar-refractivity contribution in [2.45, 2.75) is 26.7 Å². The molecule has 8 nitrogen and oxygen atoms in total. The number of nitrogens with one attached hydrogen (secondary N) is 2. The number of aromatic amines is 1. The maximum atomic E-state index is 12.3. The average molecular weight is 412 g/mol. The third kappa shape index (κ3) is 4.29. The first-order valence-electron chi connectivity index (χ1n) is 9.21. The van der Waals surface area contributed by atoms with Crippen molar-refractivity contribution >= 4 is 22.4 Å². The summed E-state index contributed by atoms with van der Waals surface area (Å²) in [6.45, 7) is 4.57. The van der Waals surface area contributed by atoms with Gasteiger partial charge in [-0.2, -0.15) is 0 Å². The largest absolute Gasteiger partial charge is 0.486 e. The standard InChI is InChI=1S/C20H20N4O4S/c1-11-14(19(26)22-12(2)21-11)4-6-18(25)24-20-23-15(10-29-20)13-3-5-16-17(9-13)28-8-7-27-16/h3,5,9-10H,4,6-8H2,1-2H3,(H,21,22,26)(H,23,24,25). The van der Waals surface area contributed by atoms with Crippen molar-refractivity contribution in [1.29, 1.82) is 0 Å². The van der Waals surface area contributed by atoms with E-state index in [1.165, 1.54) is 11.3 Å². The topological polar surface area (TPSA) is 106 Å². The van der Waals surface area contributed by atoms with Crippen molar-refractivity contribution in [3.8, 4) is 22.8 Å². The van der Waals surface area contributed by atoms with Crippen molar-refractivity contribution in [3.05, 3.63) is 51.0 Å². The maximum absolute atomic E-state index is 12.3. The van der Waals surface area contributed by atoms with Crippen molar-refractivity contribution < 1.29 is 14.3 Å². The lowest BCUT2D eigenvalue weighted by Gasteiger charge is -2.18. The number of thiazole rings is 1. The van der Waals surface area contributed by atoms with Gasteiger partial charge in [0.25, 0.3) is 5.56 Å². The Morgan fingerprint density at radius 1 is 1.21 bits per heavy atom. The van der Waals surface area contributed by atoms with Crippen LogP contribution in [-0.2, 0) is 11.2 Å². The summed E-state index contributed by atoms with van der Waals surface area (Å²) in [6.07, 6.45) is 0.494. The van der Waals surface area contributed by atoms with Crippen LogP contribution in [0.15, 0.2) is 28.4 Å². The Balaban J connectivity index is 1.40. The second-order valence-corrected chi connectivity index (χ2v) is 7.52. The molecular weight excluding hydrogens is 392 g/mol. The fraction of sp³-hybridized carbons (Fsp3) is 0.300. The van der Waals surface area contributed by atoms with E-state index in [-0.39, 0.29) is 17.9 Å². The van der Waals surface area contributed by atoms with Gasteiger partial charge in [0.15, 0.2) is 16.6 Å². The van der Waals surface area contributed by atoms with Crippen molar-refractivity contribution in [2.24, 2.45) is 0 Å². The number of benzene rings is 1. The molecular formula is C20H20N4O4S. The van der Waals surface area contributed by atoms with E-state index in [9.17, 15) is 9.59 Å². The maximum Gasteiger partial charge on any atom is 0.254 e. The molecule has 0 unspecified atom stereocenters. The quantitative estimate of drug-likeness (QED) is 0.667. The fourth-order valence-electron chi connectivity index (χ4n) is 3.13. The minimum absolute atomic E-state index is 0.174. The molecule has 1 aromatic carbocycles. The number of rotatable bonds is 5. The van der Waals surface area contributed by atoms with E-state index in [4.69, 9.17) is 9.47 Å². The highest BCUT2D eigenvalue weighted by Crippen LogP contribution is 2.35. The van der Waals surface area contributed by atoms with Crippen LogP contribution < -0.4 is 20.3 Å². The predicted molar refractivity (Wildman–Crippen MR) is 110 cm³/mol. The lowest BCUT2D eigenvalue weighted by molar-refractivity contribution is -0.116. The molecule has 0 atom stereocenters. The lowest BCUT2D eigenvalue weighted by atomic mass is 10.1. The Kier molecular flexibility index (Phi) is 5.30. The summed E-state index contributed by atoms with van der Waals surface area (Å²) in [6, 6.07) is 5.65. The zero-order valence-corrected chi connectivity index (χ0v) is 16.9. The lowest BCUT2D eigenvalue weighted by Crippen LogP contribution is -2.20. The number of nitrogens with zero attached hydrogens (tertiary/aromatic N) is 2. The van der Waals surface area contributed by atoms with Crippen molar-refractivity contribution in [3.63, 3.8) is 0 Å². The minimum atomic E-state index is -0.201. The van der Waals surface area contributed by atoms with Crippen LogP contribution >= 0.6 is 11.3 Å². The van der Waals surface area contributed by atoms with Crippen LogP contribution in [0.4, 0.5) is 5.13 Å². The molecule has 4 rings (SSSR count). The van der Waals surface area contributed by atoms with E-state index in [1.54, 1.807) is 13.8 Å². The first kappa shape index (κ1) is 19.1. The first-order chi connectivity index (χ1) is 14.0. The van der Waals surface area contributed by atoms with Crippen LogP contribution in [0.5, 0.6) is 11.5 Å². The van der Waals surface area contributed by atoms with Crippen LogP contribution in [0, 0.1) is 13.8 Å². The molecule has 29 heavy (non-hydrogen) atoms. The van der Waals surface area contributed by atoms with Crippen molar-refractivity contribution in [2.75, 3.05) is 18.5 Å². The fourth-order valence-corrected chi connectivity index (χ4v) is 3.87. The average Bonchev–Trinajstić information content (AvgIpc) is 3.15. The first-order valence-corrected chi connectivity index (χ1v) is 10.1. The molecule has 3 heterocycles. The number of carbonyl (C=O) groups excluding carboxylic acids is 1. The van der Waals surface area contributed by atoms with E-state index in [0.717, 1.165) is 17.0 Å². The molecule has 1 amide bonds. The van der Waals surface area contributed by atoms with Crippen LogP contribution in [0.1, 0.15) is 23.5 Å². The molecule has 150 valence electrons. The number of hydrogen-bond donors (Lipinski definition) is 2. The Morgan fingerprint density at radius 2 is 2.00 bits per heavy atom. The predicted octanol–water partition coefficient (Wildman–Crippen LogP) is 2.85. The van der Waals surface area contributed by atoms with Crippen LogP contribution in [-0.4, -0.2) is 34.1 Å². The van der Waals surface area contributed by atoms with Gasteiger partial charge in [-0.15, -0.1) is 11.3 Å². The number of ether oxygens (including phenoxy) is 2. The van der Waals surface area contributed by atoms with Gasteiger partial charge in [-0.25, -0.2) is 9.97 Å². The van der Waals surface area contributed by atoms with Gasteiger partial charge in [0.05, 0.1) is 5.69 Å². The number of H-pyrrole nitrogens is 1. The summed E-state index contributed by atoms with van der Waals surface area (Å²) in [5.41, 5.74) is 2.62. The highest BCUT2D eigenvalue weighted by Gasteiger charge is 2.15. The monoisotopic (exact) mass is 412 g/mol. The van der Waals surface area contributed by atoms with Crippen LogP contribution in [0.2, 0.25) is 0 Å². The summed E-state index contributed by atoms with van der Waals surface area (Å²) >= 11 is 1.34. The minimum Gasteiger partial charge on any atom is -0.486 e. The van der Waals surface area contributed by atoms with E-state index in [1.807, 2.05) is 23.6 Å². The van der Waals surface area contributed by atoms with E-state index < -0.39 is 0 Å². The van der Waals surface area contributed by atoms with Gasteiger partial charge in [-0.3, -0.25) is 9.59 Å². The Hall–Kier alpha value is -3.20. The van der Waals surface area contributed by atoms with Gasteiger partial charge in [-0.1, -0.05) is 0 Å². The number of amides is 1. The highest BCUT2D eigenvalue weighted by atomic mass is 32.1. The molecule has 0 fully saturated rings. The van der Waals surface area contributed by atoms with Crippen LogP contribution in [0.25, 0.3) is 11.3 Å². The molecule has 0 spiro atoms. The highest BCUT2D eigenvalue weighted by molar-refractivity contribution is 7.14. The summed E-state index contributed by atoms with van der Waals surface area (Å²) in [5, 5.41) is 5.18. The summed E-state index contributed by atoms with van der Waals surface area (Å²) in [4.78, 5) is 35.7. The number of anilines is 1. The Morgan fingerprint density at radius 3 is 2.79 bits per heavy atom. The van der Waals surface area contributed by atoms with Gasteiger partial charge >= 0.3 is 0 Å². The number of hydrogen-bond acceptors (Lipinski definition) is 7. The number of carbonyl (C=O) groups is 1. The van der Waals surface area contributed by atoms with Gasteiger partial charge in [0.1, 0.15) is 19.0 Å². The Labute approximate surface area is 170 Å². The third-order valence-corrected chi connectivity index (χ3v) is 5.29. The normalized spacial score (nSPS) is 12.6. The van der Waals surface area contributed by atoms with Gasteiger partial charge in [-0.05, 0) is 38.5 Å². The summed E-state index contributed by atoms with van der Waals surface area (Å²) in [5.74, 6) is 1.78. The number of fused-ring (bicyclic) bond motifs is 1. The molecule has 0 saturated carbocycles. The molecule has 0 aliphatic carbocycles. The van der Waals surface area contributed by atoms with E-state index >= 15 is 0 Å². The zero-order chi connectivity index (χ0) is 20.4. The van der Waals surface area contributed by atoms with E-state index in [0.29, 0.717) is 47.6 Å². The molecule has 3 aromatic rings. The molecule has 0 bridgehead atoms. The molecule has 0 saturated heterocycles. The van der Waals surface area contributed by atoms with Crippen LogP contribution in [0.3, 0.4) is 0 Å². The number of aromatic nitrogens is 3. The van der Waals surface area contributed by atoms with Gasteiger partial charge in [0.2, 0.25) is 5.91 Å². The SMILES string of the molecule is Cc1nc(C)c(CCC(=O)Nc2nc(-c3ccc4c(c3)OCCO4)cs2)c(=O)[nH]1. The summed E-state index contributed by atoms with van der Waals surface area (Å²) in [7, 11) is 0. The molecule has 9 heteroatoms. The second kappa shape index (κ2) is 8.04. The smallest absolute Gasteiger partial charge is 0.254 e. The second-order valence-electron chi connectivity index (χ2n) is 6.66. The molecule has 1 aliphatic rings. The number of aryl methyl sites for hydroxylation is 2. The molecule has 2 N–H and O–H groups in total. The molecule has 0 radical (unpaired) electrons. The zero-order valence-electron chi connectivity index (χ0n) is 16.1. The van der Waals surface area contributed by atoms with Gasteiger partial charge < -0.3 is 19.8 Å². The van der Waals surface area contributed by atoms with Crippen molar-refractivity contribution in [1.82, 2.24) is 15.0 Å².